The lowest BCUT2D eigenvalue weighted by molar-refractivity contribution is 0.477. The standard InChI is InChI=1S/C8H10ClNO3S/c1-2-14(12,13)10-7-5-6(9)3-4-8(7)11/h3-5,10-11H,2H2,1H3. The molecule has 0 atom stereocenters. The fourth-order valence-electron chi connectivity index (χ4n) is 0.830. The second-order valence-electron chi connectivity index (χ2n) is 2.67. The normalized spacial score (nSPS) is 11.3. The van der Waals surface area contributed by atoms with Crippen LogP contribution in [0, 0.1) is 0 Å². The summed E-state index contributed by atoms with van der Waals surface area (Å²) < 4.78 is 24.5. The molecule has 0 radical (unpaired) electrons. The number of phenolic OH excluding ortho intramolecular Hbond substituents is 1. The van der Waals surface area contributed by atoms with Gasteiger partial charge >= 0.3 is 0 Å². The van der Waals surface area contributed by atoms with E-state index in [-0.39, 0.29) is 17.2 Å². The van der Waals surface area contributed by atoms with Gasteiger partial charge in [-0.1, -0.05) is 11.6 Å². The van der Waals surface area contributed by atoms with Gasteiger partial charge in [-0.25, -0.2) is 8.42 Å². The fourth-order valence-corrected chi connectivity index (χ4v) is 1.64. The van der Waals surface area contributed by atoms with Crippen molar-refractivity contribution in [1.29, 1.82) is 0 Å². The SMILES string of the molecule is CCS(=O)(=O)Nc1cc(Cl)ccc1O. The van der Waals surface area contributed by atoms with E-state index >= 15 is 0 Å². The smallest absolute Gasteiger partial charge is 0.232 e. The molecular formula is C8H10ClNO3S. The first-order valence-electron chi connectivity index (χ1n) is 3.93. The molecule has 0 saturated carbocycles. The summed E-state index contributed by atoms with van der Waals surface area (Å²) in [5.41, 5.74) is 0.0966. The van der Waals surface area contributed by atoms with Crippen LogP contribution in [0.5, 0.6) is 5.75 Å². The fraction of sp³-hybridized carbons (Fsp3) is 0.250. The summed E-state index contributed by atoms with van der Waals surface area (Å²) in [6, 6.07) is 4.15. The summed E-state index contributed by atoms with van der Waals surface area (Å²) in [7, 11) is -3.38. The first-order valence-corrected chi connectivity index (χ1v) is 5.96. The molecule has 0 aliphatic carbocycles. The maximum atomic E-state index is 11.2. The number of hydrogen-bond donors (Lipinski definition) is 2. The monoisotopic (exact) mass is 235 g/mol. The van der Waals surface area contributed by atoms with Crippen molar-refractivity contribution in [3.8, 4) is 5.75 Å². The van der Waals surface area contributed by atoms with Gasteiger partial charge in [0.1, 0.15) is 5.75 Å². The Hall–Kier alpha value is -0.940. The number of halogens is 1. The third-order valence-electron chi connectivity index (χ3n) is 1.60. The van der Waals surface area contributed by atoms with E-state index in [2.05, 4.69) is 4.72 Å². The van der Waals surface area contributed by atoms with Crippen molar-refractivity contribution in [1.82, 2.24) is 0 Å². The number of hydrogen-bond acceptors (Lipinski definition) is 3. The van der Waals surface area contributed by atoms with Crippen LogP contribution in [0.1, 0.15) is 6.92 Å². The van der Waals surface area contributed by atoms with Crippen molar-refractivity contribution in [2.24, 2.45) is 0 Å². The molecule has 0 fully saturated rings. The molecule has 0 bridgehead atoms. The molecule has 78 valence electrons. The molecule has 6 heteroatoms. The average molecular weight is 236 g/mol. The van der Waals surface area contributed by atoms with E-state index in [4.69, 9.17) is 11.6 Å². The Kier molecular flexibility index (Phi) is 3.23. The Bertz CT molecular complexity index is 430. The van der Waals surface area contributed by atoms with E-state index in [1.807, 2.05) is 0 Å². The van der Waals surface area contributed by atoms with E-state index in [1.54, 1.807) is 0 Å². The number of rotatable bonds is 3. The first kappa shape index (κ1) is 11.1. The van der Waals surface area contributed by atoms with Gasteiger partial charge in [0, 0.05) is 5.02 Å². The lowest BCUT2D eigenvalue weighted by atomic mass is 10.3. The minimum absolute atomic E-state index is 0.0566. The van der Waals surface area contributed by atoms with Crippen LogP contribution in [-0.4, -0.2) is 19.3 Å². The minimum atomic E-state index is -3.38. The van der Waals surface area contributed by atoms with Gasteiger partial charge in [0.25, 0.3) is 0 Å². The molecule has 4 nitrogen and oxygen atoms in total. The van der Waals surface area contributed by atoms with Gasteiger partial charge in [-0.15, -0.1) is 0 Å². The predicted molar refractivity (Wildman–Crippen MR) is 56.2 cm³/mol. The molecular weight excluding hydrogens is 226 g/mol. The van der Waals surface area contributed by atoms with Crippen molar-refractivity contribution in [3.05, 3.63) is 23.2 Å². The Morgan fingerprint density at radius 3 is 2.71 bits per heavy atom. The Balaban J connectivity index is 3.03. The van der Waals surface area contributed by atoms with Crippen LogP contribution in [-0.2, 0) is 10.0 Å². The molecule has 0 aliphatic heterocycles. The highest BCUT2D eigenvalue weighted by atomic mass is 35.5. The van der Waals surface area contributed by atoms with Gasteiger partial charge in [-0.3, -0.25) is 4.72 Å². The van der Waals surface area contributed by atoms with Crippen LogP contribution in [0.3, 0.4) is 0 Å². The molecule has 1 aromatic rings. The maximum absolute atomic E-state index is 11.2. The molecule has 0 heterocycles. The molecule has 0 saturated heterocycles. The first-order chi connectivity index (χ1) is 6.44. The van der Waals surface area contributed by atoms with Gasteiger partial charge < -0.3 is 5.11 Å². The predicted octanol–water partition coefficient (Wildman–Crippen LogP) is 1.81. The zero-order valence-electron chi connectivity index (χ0n) is 7.49. The van der Waals surface area contributed by atoms with E-state index in [1.165, 1.54) is 25.1 Å². The van der Waals surface area contributed by atoms with Crippen LogP contribution >= 0.6 is 11.6 Å². The number of aromatic hydroxyl groups is 1. The number of benzene rings is 1. The zero-order chi connectivity index (χ0) is 10.8. The number of nitrogens with one attached hydrogen (secondary N) is 1. The van der Waals surface area contributed by atoms with Gasteiger partial charge in [0.05, 0.1) is 11.4 Å². The van der Waals surface area contributed by atoms with Crippen LogP contribution < -0.4 is 4.72 Å². The third kappa shape index (κ3) is 2.78. The summed E-state index contributed by atoms with van der Waals surface area (Å²) >= 11 is 5.64. The summed E-state index contributed by atoms with van der Waals surface area (Å²) in [6.07, 6.45) is 0. The Morgan fingerprint density at radius 1 is 1.50 bits per heavy atom. The van der Waals surface area contributed by atoms with E-state index < -0.39 is 10.0 Å². The van der Waals surface area contributed by atoms with Gasteiger partial charge in [-0.05, 0) is 25.1 Å². The highest BCUT2D eigenvalue weighted by Gasteiger charge is 2.10. The van der Waals surface area contributed by atoms with E-state index in [0.29, 0.717) is 5.02 Å². The van der Waals surface area contributed by atoms with Crippen LogP contribution in [0.4, 0.5) is 5.69 Å². The number of anilines is 1. The van der Waals surface area contributed by atoms with E-state index in [9.17, 15) is 13.5 Å². The zero-order valence-corrected chi connectivity index (χ0v) is 9.06. The van der Waals surface area contributed by atoms with Crippen molar-refractivity contribution in [3.63, 3.8) is 0 Å². The maximum Gasteiger partial charge on any atom is 0.232 e. The van der Waals surface area contributed by atoms with Gasteiger partial charge in [0.2, 0.25) is 10.0 Å². The molecule has 1 rings (SSSR count). The Morgan fingerprint density at radius 2 is 2.14 bits per heavy atom. The van der Waals surface area contributed by atoms with E-state index in [0.717, 1.165) is 0 Å². The largest absolute Gasteiger partial charge is 0.506 e. The van der Waals surface area contributed by atoms with Crippen LogP contribution in [0.25, 0.3) is 0 Å². The van der Waals surface area contributed by atoms with Crippen LogP contribution in [0.15, 0.2) is 18.2 Å². The number of phenols is 1. The molecule has 14 heavy (non-hydrogen) atoms. The van der Waals surface area contributed by atoms with Gasteiger partial charge in [-0.2, -0.15) is 0 Å². The molecule has 0 aliphatic rings. The topological polar surface area (TPSA) is 66.4 Å². The lowest BCUT2D eigenvalue weighted by Gasteiger charge is -2.07. The summed E-state index contributed by atoms with van der Waals surface area (Å²) in [5.74, 6) is -0.203. The second kappa shape index (κ2) is 4.06. The van der Waals surface area contributed by atoms with Crippen molar-refractivity contribution in [2.75, 3.05) is 10.5 Å². The Labute approximate surface area is 87.6 Å². The number of sulfonamides is 1. The summed E-state index contributed by atoms with van der Waals surface area (Å²) in [4.78, 5) is 0. The summed E-state index contributed by atoms with van der Waals surface area (Å²) in [6.45, 7) is 1.50. The molecule has 0 aromatic heterocycles. The average Bonchev–Trinajstić information content (AvgIpc) is 2.11. The molecule has 0 spiro atoms. The van der Waals surface area contributed by atoms with Crippen LogP contribution in [0.2, 0.25) is 5.02 Å². The van der Waals surface area contributed by atoms with Crippen molar-refractivity contribution in [2.45, 2.75) is 6.92 Å². The quantitative estimate of drug-likeness (QED) is 0.786. The molecule has 2 N–H and O–H groups in total. The lowest BCUT2D eigenvalue weighted by Crippen LogP contribution is -2.14. The molecule has 1 aromatic carbocycles. The second-order valence-corrected chi connectivity index (χ2v) is 5.11. The molecule has 0 amide bonds. The highest BCUT2D eigenvalue weighted by Crippen LogP contribution is 2.27. The van der Waals surface area contributed by atoms with Crippen molar-refractivity contribution < 1.29 is 13.5 Å². The van der Waals surface area contributed by atoms with Crippen molar-refractivity contribution >= 4 is 27.3 Å². The molecule has 0 unspecified atom stereocenters. The summed E-state index contributed by atoms with van der Waals surface area (Å²) in [5, 5.41) is 9.67. The minimum Gasteiger partial charge on any atom is -0.506 e. The highest BCUT2D eigenvalue weighted by molar-refractivity contribution is 7.92. The van der Waals surface area contributed by atoms with Gasteiger partial charge in [0.15, 0.2) is 0 Å². The third-order valence-corrected chi connectivity index (χ3v) is 3.13.